The van der Waals surface area contributed by atoms with E-state index < -0.39 is 0 Å². The molecule has 6 heteroatoms. The molecule has 0 atom stereocenters. The fourth-order valence-electron chi connectivity index (χ4n) is 2.74. The van der Waals surface area contributed by atoms with Crippen LogP contribution in [-0.2, 0) is 7.05 Å². The summed E-state index contributed by atoms with van der Waals surface area (Å²) in [6.45, 7) is 7.75. The number of aromatic nitrogens is 4. The molecule has 2 aromatic heterocycles. The van der Waals surface area contributed by atoms with Crippen LogP contribution in [0.1, 0.15) is 28.2 Å². The van der Waals surface area contributed by atoms with Crippen LogP contribution in [0.2, 0.25) is 0 Å². The average Bonchev–Trinajstić information content (AvgIpc) is 2.95. The zero-order valence-electron chi connectivity index (χ0n) is 14.6. The Labute approximate surface area is 140 Å². The summed E-state index contributed by atoms with van der Waals surface area (Å²) in [5.74, 6) is 0. The number of nitrogens with zero attached hydrogens (tertiary/aromatic N) is 4. The van der Waals surface area contributed by atoms with Crippen LogP contribution in [0.25, 0.3) is 5.69 Å². The van der Waals surface area contributed by atoms with Gasteiger partial charge >= 0.3 is 0 Å². The number of aryl methyl sites for hydroxylation is 4. The molecule has 6 nitrogen and oxygen atoms in total. The summed E-state index contributed by atoms with van der Waals surface area (Å²) in [6, 6.07) is 7.80. The van der Waals surface area contributed by atoms with Gasteiger partial charge in [0, 0.05) is 19.0 Å². The minimum Gasteiger partial charge on any atom is -0.295 e. The molecule has 1 aromatic carbocycles. The third-order valence-electron chi connectivity index (χ3n) is 4.17. The number of benzene rings is 1. The first-order valence-corrected chi connectivity index (χ1v) is 7.81. The highest BCUT2D eigenvalue weighted by Crippen LogP contribution is 2.21. The molecule has 0 spiro atoms. The lowest BCUT2D eigenvalue weighted by atomic mass is 10.2. The number of nitrogens with one attached hydrogen (secondary N) is 1. The third kappa shape index (κ3) is 2.71. The van der Waals surface area contributed by atoms with Crippen molar-refractivity contribution in [1.29, 1.82) is 0 Å². The number of rotatable bonds is 3. The van der Waals surface area contributed by atoms with E-state index in [0.717, 1.165) is 34.0 Å². The van der Waals surface area contributed by atoms with Crippen molar-refractivity contribution < 1.29 is 0 Å². The second-order valence-corrected chi connectivity index (χ2v) is 6.03. The number of aromatic amines is 1. The first kappa shape index (κ1) is 16.0. The van der Waals surface area contributed by atoms with E-state index in [1.165, 1.54) is 0 Å². The van der Waals surface area contributed by atoms with Crippen LogP contribution >= 0.6 is 0 Å². The van der Waals surface area contributed by atoms with Gasteiger partial charge in [0.15, 0.2) is 0 Å². The highest BCUT2D eigenvalue weighted by molar-refractivity contribution is 5.83. The van der Waals surface area contributed by atoms with Gasteiger partial charge in [-0.15, -0.1) is 0 Å². The summed E-state index contributed by atoms with van der Waals surface area (Å²) in [6.07, 6.45) is 1.62. The summed E-state index contributed by atoms with van der Waals surface area (Å²) >= 11 is 0. The van der Waals surface area contributed by atoms with Gasteiger partial charge in [-0.05, 0) is 45.4 Å². The Balaban J connectivity index is 2.04. The number of aliphatic imine (C=N–C) groups is 1. The molecular weight excluding hydrogens is 302 g/mol. The molecule has 0 amide bonds. The average molecular weight is 323 g/mol. The first-order valence-electron chi connectivity index (χ1n) is 7.81. The summed E-state index contributed by atoms with van der Waals surface area (Å²) in [5, 5.41) is 7.46. The van der Waals surface area contributed by atoms with Gasteiger partial charge in [0.2, 0.25) is 0 Å². The van der Waals surface area contributed by atoms with Crippen molar-refractivity contribution in [3.63, 3.8) is 0 Å². The zero-order valence-corrected chi connectivity index (χ0v) is 14.6. The van der Waals surface area contributed by atoms with Crippen molar-refractivity contribution >= 4 is 11.9 Å². The summed E-state index contributed by atoms with van der Waals surface area (Å²) < 4.78 is 3.34. The van der Waals surface area contributed by atoms with Crippen LogP contribution in [0.3, 0.4) is 0 Å². The zero-order chi connectivity index (χ0) is 17.4. The Bertz CT molecular complexity index is 987. The maximum atomic E-state index is 12.7. The van der Waals surface area contributed by atoms with Gasteiger partial charge in [-0.2, -0.15) is 5.10 Å². The Morgan fingerprint density at radius 2 is 1.96 bits per heavy atom. The van der Waals surface area contributed by atoms with E-state index in [-0.39, 0.29) is 5.56 Å². The van der Waals surface area contributed by atoms with Gasteiger partial charge in [0.25, 0.3) is 5.56 Å². The topological polar surface area (TPSA) is 68.0 Å². The number of hydrogen-bond donors (Lipinski definition) is 1. The van der Waals surface area contributed by atoms with Gasteiger partial charge in [0.05, 0.1) is 22.6 Å². The van der Waals surface area contributed by atoms with Crippen LogP contribution in [0, 0.1) is 27.7 Å². The number of hydrogen-bond acceptors (Lipinski definition) is 3. The third-order valence-corrected chi connectivity index (χ3v) is 4.17. The molecule has 0 aliphatic rings. The van der Waals surface area contributed by atoms with Crippen LogP contribution in [0.4, 0.5) is 5.69 Å². The quantitative estimate of drug-likeness (QED) is 0.753. The Kier molecular flexibility index (Phi) is 3.97. The summed E-state index contributed by atoms with van der Waals surface area (Å²) in [4.78, 5) is 17.2. The Morgan fingerprint density at radius 1 is 1.21 bits per heavy atom. The van der Waals surface area contributed by atoms with Crippen LogP contribution in [0.5, 0.6) is 0 Å². The Hall–Kier alpha value is -2.89. The highest BCUT2D eigenvalue weighted by Gasteiger charge is 2.12. The van der Waals surface area contributed by atoms with Crippen molar-refractivity contribution in [2.75, 3.05) is 0 Å². The van der Waals surface area contributed by atoms with Gasteiger partial charge < -0.3 is 0 Å². The van der Waals surface area contributed by atoms with E-state index >= 15 is 0 Å². The minimum absolute atomic E-state index is 0.110. The van der Waals surface area contributed by atoms with Crippen molar-refractivity contribution in [1.82, 2.24) is 19.6 Å². The molecule has 0 fully saturated rings. The lowest BCUT2D eigenvalue weighted by Gasteiger charge is -2.02. The molecule has 0 radical (unpaired) electrons. The molecule has 0 bridgehead atoms. The molecule has 124 valence electrons. The Morgan fingerprint density at radius 3 is 2.58 bits per heavy atom. The molecular formula is C18H21N5O. The summed E-state index contributed by atoms with van der Waals surface area (Å²) in [7, 11) is 1.88. The van der Waals surface area contributed by atoms with Gasteiger partial charge in [-0.3, -0.25) is 19.6 Å². The van der Waals surface area contributed by atoms with Crippen LogP contribution in [0.15, 0.2) is 34.1 Å². The monoisotopic (exact) mass is 323 g/mol. The molecule has 1 N–H and O–H groups in total. The standard InChI is InChI=1S/C18H21N5O/c1-11-7-6-8-15(9-11)23-18(24)16(12(2)21-23)10-19-17-13(3)20-22(5)14(17)4/h6-10,21H,1-5H3. The predicted octanol–water partition coefficient (Wildman–Crippen LogP) is 2.88. The molecule has 3 aromatic rings. The van der Waals surface area contributed by atoms with Crippen molar-refractivity contribution in [3.05, 3.63) is 62.8 Å². The van der Waals surface area contributed by atoms with Crippen LogP contribution < -0.4 is 5.56 Å². The van der Waals surface area contributed by atoms with E-state index in [0.29, 0.717) is 5.56 Å². The van der Waals surface area contributed by atoms with Crippen molar-refractivity contribution in [2.45, 2.75) is 27.7 Å². The number of H-pyrrole nitrogens is 1. The molecule has 2 heterocycles. The maximum Gasteiger partial charge on any atom is 0.280 e. The lowest BCUT2D eigenvalue weighted by molar-refractivity contribution is 0.731. The first-order chi connectivity index (χ1) is 11.4. The van der Waals surface area contributed by atoms with Gasteiger partial charge in [-0.1, -0.05) is 12.1 Å². The fourth-order valence-corrected chi connectivity index (χ4v) is 2.74. The molecule has 0 saturated heterocycles. The maximum absolute atomic E-state index is 12.7. The largest absolute Gasteiger partial charge is 0.295 e. The molecule has 3 rings (SSSR count). The van der Waals surface area contributed by atoms with Gasteiger partial charge in [-0.25, -0.2) is 4.68 Å². The van der Waals surface area contributed by atoms with Gasteiger partial charge in [0.1, 0.15) is 5.69 Å². The van der Waals surface area contributed by atoms with E-state index in [4.69, 9.17) is 0 Å². The van der Waals surface area contributed by atoms with E-state index in [1.54, 1.807) is 15.6 Å². The molecule has 0 saturated carbocycles. The lowest BCUT2D eigenvalue weighted by Crippen LogP contribution is -2.17. The molecule has 24 heavy (non-hydrogen) atoms. The molecule has 0 aliphatic heterocycles. The smallest absolute Gasteiger partial charge is 0.280 e. The second-order valence-electron chi connectivity index (χ2n) is 6.03. The highest BCUT2D eigenvalue weighted by atomic mass is 16.1. The van der Waals surface area contributed by atoms with Crippen molar-refractivity contribution in [2.24, 2.45) is 12.0 Å². The van der Waals surface area contributed by atoms with E-state index in [2.05, 4.69) is 15.2 Å². The fraction of sp³-hybridized carbons (Fsp3) is 0.278. The second kappa shape index (κ2) is 5.96. The van der Waals surface area contributed by atoms with E-state index in [9.17, 15) is 4.79 Å². The normalized spacial score (nSPS) is 11.5. The summed E-state index contributed by atoms with van der Waals surface area (Å²) in [5.41, 5.74) is 5.76. The molecule has 0 aliphatic carbocycles. The van der Waals surface area contributed by atoms with E-state index in [1.807, 2.05) is 59.0 Å². The van der Waals surface area contributed by atoms with Crippen LogP contribution in [-0.4, -0.2) is 25.8 Å². The predicted molar refractivity (Wildman–Crippen MR) is 95.8 cm³/mol. The van der Waals surface area contributed by atoms with Crippen molar-refractivity contribution in [3.8, 4) is 5.69 Å². The molecule has 0 unspecified atom stereocenters. The SMILES string of the molecule is Cc1cccc(-n2[nH]c(C)c(C=Nc3c(C)nn(C)c3C)c2=O)c1. The minimum atomic E-state index is -0.110.